The third-order valence-corrected chi connectivity index (χ3v) is 4.86. The van der Waals surface area contributed by atoms with Crippen molar-refractivity contribution in [3.8, 4) is 5.88 Å². The van der Waals surface area contributed by atoms with Crippen LogP contribution in [0.25, 0.3) is 11.0 Å². The summed E-state index contributed by atoms with van der Waals surface area (Å²) in [6.07, 6.45) is -0.205. The van der Waals surface area contributed by atoms with Gasteiger partial charge in [0.25, 0.3) is 5.88 Å². The van der Waals surface area contributed by atoms with Crippen molar-refractivity contribution >= 4 is 35.2 Å². The lowest BCUT2D eigenvalue weighted by Gasteiger charge is -2.20. The molecule has 0 saturated carbocycles. The molecule has 10 heteroatoms. The molecular formula is C11H13N2O6PS. The highest BCUT2D eigenvalue weighted by molar-refractivity contribution is 8.07. The van der Waals surface area contributed by atoms with Crippen LogP contribution in [0, 0.1) is 10.1 Å². The van der Waals surface area contributed by atoms with E-state index in [9.17, 15) is 10.1 Å². The van der Waals surface area contributed by atoms with Gasteiger partial charge in [-0.1, -0.05) is 6.07 Å². The number of hydrogen-bond acceptors (Lipinski definition) is 8. The zero-order valence-electron chi connectivity index (χ0n) is 11.5. The molecule has 0 aliphatic heterocycles. The Morgan fingerprint density at radius 3 is 2.76 bits per heavy atom. The highest BCUT2D eigenvalue weighted by atomic mass is 32.5. The molecule has 8 nitrogen and oxygen atoms in total. The van der Waals surface area contributed by atoms with E-state index in [4.69, 9.17) is 29.9 Å². The van der Waals surface area contributed by atoms with E-state index in [0.717, 1.165) is 0 Å². The van der Waals surface area contributed by atoms with Gasteiger partial charge in [-0.15, -0.1) is 0 Å². The van der Waals surface area contributed by atoms with Crippen LogP contribution >= 0.6 is 6.72 Å². The summed E-state index contributed by atoms with van der Waals surface area (Å²) in [4.78, 5) is 10.4. The van der Waals surface area contributed by atoms with Gasteiger partial charge in [-0.2, -0.15) is 0 Å². The largest absolute Gasteiger partial charge is 0.402 e. The molecule has 0 aliphatic carbocycles. The summed E-state index contributed by atoms with van der Waals surface area (Å²) >= 11 is 5.20. The van der Waals surface area contributed by atoms with Gasteiger partial charge in [0.15, 0.2) is 0 Å². The van der Waals surface area contributed by atoms with E-state index >= 15 is 0 Å². The van der Waals surface area contributed by atoms with E-state index in [1.165, 1.54) is 19.2 Å². The number of nitrogens with zero attached hydrogens (tertiary/aromatic N) is 2. The van der Waals surface area contributed by atoms with Crippen LogP contribution in [0.3, 0.4) is 0 Å². The lowest BCUT2D eigenvalue weighted by Crippen LogP contribution is -2.06. The Morgan fingerprint density at radius 2 is 2.19 bits per heavy atom. The fraction of sp³-hybridized carbons (Fsp3) is 0.364. The standard InChI is InChI=1S/C11H13N2O6PS/c1-7(2)18-20(21,16-3)19-11-8-5-4-6-9(13(14)15)10(8)17-12-11/h4-7H,1-3H3. The van der Waals surface area contributed by atoms with Gasteiger partial charge in [0.05, 0.1) is 16.4 Å². The SMILES string of the molecule is COP(=S)(Oc1noc2c([N+](=O)[O-])cccc12)OC(C)C. The topological polar surface area (TPSA) is 96.9 Å². The molecule has 0 aliphatic rings. The second-order valence-corrected chi connectivity index (χ2v) is 7.27. The van der Waals surface area contributed by atoms with Gasteiger partial charge in [0.2, 0.25) is 5.58 Å². The Kier molecular flexibility index (Phi) is 4.58. The number of fused-ring (bicyclic) bond motifs is 1. The number of non-ortho nitro benzene ring substituents is 1. The van der Waals surface area contributed by atoms with Crippen LogP contribution in [0.5, 0.6) is 5.88 Å². The quantitative estimate of drug-likeness (QED) is 0.451. The molecule has 0 N–H and O–H groups in total. The number of para-hydroxylation sites is 1. The first-order chi connectivity index (χ1) is 9.86. The van der Waals surface area contributed by atoms with E-state index in [2.05, 4.69) is 5.16 Å². The summed E-state index contributed by atoms with van der Waals surface area (Å²) < 4.78 is 21.1. The summed E-state index contributed by atoms with van der Waals surface area (Å²) in [5.74, 6) is 0.0135. The van der Waals surface area contributed by atoms with E-state index in [0.29, 0.717) is 5.39 Å². The molecule has 1 aromatic heterocycles. The van der Waals surface area contributed by atoms with Gasteiger partial charge in [0.1, 0.15) is 0 Å². The molecule has 114 valence electrons. The van der Waals surface area contributed by atoms with Gasteiger partial charge in [-0.05, 0) is 25.1 Å². The van der Waals surface area contributed by atoms with Crippen LogP contribution in [-0.2, 0) is 20.9 Å². The summed E-state index contributed by atoms with van der Waals surface area (Å²) in [5.41, 5.74) is -0.190. The zero-order chi connectivity index (χ0) is 15.6. The van der Waals surface area contributed by atoms with Gasteiger partial charge in [-0.25, -0.2) is 0 Å². The average Bonchev–Trinajstić information content (AvgIpc) is 2.80. The maximum atomic E-state index is 10.9. The monoisotopic (exact) mass is 332 g/mol. The highest BCUT2D eigenvalue weighted by Crippen LogP contribution is 2.51. The van der Waals surface area contributed by atoms with E-state index in [1.54, 1.807) is 19.9 Å². The second kappa shape index (κ2) is 6.07. The first-order valence-corrected chi connectivity index (χ1v) is 8.48. The third kappa shape index (κ3) is 3.38. The molecule has 0 saturated heterocycles. The minimum absolute atomic E-state index is 0.0135. The van der Waals surface area contributed by atoms with Crippen LogP contribution in [0.15, 0.2) is 22.7 Å². The van der Waals surface area contributed by atoms with Crippen molar-refractivity contribution in [3.63, 3.8) is 0 Å². The Morgan fingerprint density at radius 1 is 1.48 bits per heavy atom. The molecule has 2 aromatic rings. The van der Waals surface area contributed by atoms with Crippen molar-refractivity contribution in [2.45, 2.75) is 20.0 Å². The fourth-order valence-electron chi connectivity index (χ4n) is 1.60. The van der Waals surface area contributed by atoms with Gasteiger partial charge >= 0.3 is 12.4 Å². The van der Waals surface area contributed by atoms with Crippen LogP contribution in [0.4, 0.5) is 5.69 Å². The summed E-state index contributed by atoms with van der Waals surface area (Å²) in [6.45, 7) is 0.526. The van der Waals surface area contributed by atoms with Crippen molar-refractivity contribution in [2.75, 3.05) is 7.11 Å². The van der Waals surface area contributed by atoms with Crippen LogP contribution in [-0.4, -0.2) is 23.3 Å². The third-order valence-electron chi connectivity index (χ3n) is 2.40. The average molecular weight is 332 g/mol. The number of rotatable bonds is 6. The molecule has 1 aromatic carbocycles. The first kappa shape index (κ1) is 15.8. The maximum absolute atomic E-state index is 10.9. The summed E-state index contributed by atoms with van der Waals surface area (Å²) in [6, 6.07) is 4.40. The molecule has 0 radical (unpaired) electrons. The molecule has 0 amide bonds. The van der Waals surface area contributed by atoms with Crippen molar-refractivity contribution in [1.29, 1.82) is 0 Å². The Bertz CT molecular complexity index is 716. The Hall–Kier alpha value is -1.54. The van der Waals surface area contributed by atoms with E-state index < -0.39 is 11.6 Å². The molecule has 0 fully saturated rings. The second-order valence-electron chi connectivity index (χ2n) is 4.27. The Labute approximate surface area is 125 Å². The van der Waals surface area contributed by atoms with Crippen LogP contribution < -0.4 is 4.52 Å². The van der Waals surface area contributed by atoms with Crippen LogP contribution in [0.2, 0.25) is 0 Å². The van der Waals surface area contributed by atoms with Gasteiger partial charge in [-0.3, -0.25) is 14.6 Å². The molecule has 1 atom stereocenters. The maximum Gasteiger partial charge on any atom is 0.381 e. The Balaban J connectivity index is 2.42. The number of nitro groups is 1. The normalized spacial score (nSPS) is 14.3. The van der Waals surface area contributed by atoms with Crippen molar-refractivity contribution in [3.05, 3.63) is 28.3 Å². The molecule has 2 rings (SSSR count). The predicted molar refractivity (Wildman–Crippen MR) is 78.8 cm³/mol. The van der Waals surface area contributed by atoms with E-state index in [1.807, 2.05) is 0 Å². The lowest BCUT2D eigenvalue weighted by molar-refractivity contribution is -0.383. The first-order valence-electron chi connectivity index (χ1n) is 5.93. The molecular weight excluding hydrogens is 319 g/mol. The fourth-order valence-corrected chi connectivity index (χ4v) is 3.39. The van der Waals surface area contributed by atoms with Crippen molar-refractivity contribution in [2.24, 2.45) is 0 Å². The number of aromatic nitrogens is 1. The van der Waals surface area contributed by atoms with Gasteiger partial charge < -0.3 is 13.6 Å². The van der Waals surface area contributed by atoms with Crippen molar-refractivity contribution < 1.29 is 23.0 Å². The smallest absolute Gasteiger partial charge is 0.381 e. The summed E-state index contributed by atoms with van der Waals surface area (Å²) in [5, 5.41) is 14.9. The molecule has 1 heterocycles. The minimum Gasteiger partial charge on any atom is -0.402 e. The molecule has 21 heavy (non-hydrogen) atoms. The molecule has 0 bridgehead atoms. The number of hydrogen-bond donors (Lipinski definition) is 0. The van der Waals surface area contributed by atoms with Crippen LogP contribution in [0.1, 0.15) is 13.8 Å². The summed E-state index contributed by atoms with van der Waals surface area (Å²) in [7, 11) is 1.37. The lowest BCUT2D eigenvalue weighted by atomic mass is 10.2. The van der Waals surface area contributed by atoms with E-state index in [-0.39, 0.29) is 23.3 Å². The number of benzene rings is 1. The number of nitro benzene ring substituents is 1. The minimum atomic E-state index is -3.05. The molecule has 0 spiro atoms. The van der Waals surface area contributed by atoms with Gasteiger partial charge in [0, 0.05) is 25.0 Å². The zero-order valence-corrected chi connectivity index (χ0v) is 13.2. The predicted octanol–water partition coefficient (Wildman–Crippen LogP) is 3.41. The highest BCUT2D eigenvalue weighted by Gasteiger charge is 2.27. The molecule has 1 unspecified atom stereocenters. The van der Waals surface area contributed by atoms with Crippen molar-refractivity contribution in [1.82, 2.24) is 5.16 Å².